The zero-order chi connectivity index (χ0) is 7.98. The van der Waals surface area contributed by atoms with Gasteiger partial charge in [0.1, 0.15) is 6.42 Å². The van der Waals surface area contributed by atoms with Crippen LogP contribution in [0.5, 0.6) is 0 Å². The quantitative estimate of drug-likeness (QED) is 0.418. The maximum Gasteiger partial charge on any atom is 0.423 e. The molecule has 0 aliphatic rings. The van der Waals surface area contributed by atoms with Gasteiger partial charge < -0.3 is 5.11 Å². The number of nitrogens with one attached hydrogen (secondary N) is 2. The first kappa shape index (κ1) is 8.23. The highest BCUT2D eigenvalue weighted by Crippen LogP contribution is 1.70. The molecule has 0 spiro atoms. The van der Waals surface area contributed by atoms with Crippen LogP contribution in [0.15, 0.2) is 0 Å². The predicted molar refractivity (Wildman–Crippen MR) is 29.5 cm³/mol. The smallest absolute Gasteiger partial charge is 0.423 e. The Morgan fingerprint density at radius 1 is 1.50 bits per heavy atom. The van der Waals surface area contributed by atoms with Crippen molar-refractivity contribution in [1.82, 2.24) is 10.9 Å². The lowest BCUT2D eigenvalue weighted by Gasteiger charge is -1.98. The van der Waals surface area contributed by atoms with Gasteiger partial charge in [-0.05, 0) is 0 Å². The molecule has 0 atom stereocenters. The first-order valence-corrected chi connectivity index (χ1v) is 2.31. The van der Waals surface area contributed by atoms with E-state index in [2.05, 4.69) is 0 Å². The SMILES string of the molecule is N#CCC(=O)NNC(=O)O. The summed E-state index contributed by atoms with van der Waals surface area (Å²) in [5.74, 6) is -0.676. The van der Waals surface area contributed by atoms with Crippen LogP contribution in [0.4, 0.5) is 4.79 Å². The molecule has 2 amide bonds. The van der Waals surface area contributed by atoms with E-state index in [1.807, 2.05) is 0 Å². The Labute approximate surface area is 56.4 Å². The summed E-state index contributed by atoms with van der Waals surface area (Å²) in [6.45, 7) is 0. The number of amides is 2. The Morgan fingerprint density at radius 2 is 2.10 bits per heavy atom. The van der Waals surface area contributed by atoms with Crippen LogP contribution < -0.4 is 10.9 Å². The second-order valence-electron chi connectivity index (χ2n) is 1.31. The molecule has 54 valence electrons. The zero-order valence-electron chi connectivity index (χ0n) is 4.92. The number of carbonyl (C=O) groups excluding carboxylic acids is 1. The molecule has 0 aliphatic carbocycles. The molecule has 6 heteroatoms. The summed E-state index contributed by atoms with van der Waals surface area (Å²) < 4.78 is 0. The molecular weight excluding hydrogens is 138 g/mol. The molecule has 0 heterocycles. The van der Waals surface area contributed by atoms with E-state index in [4.69, 9.17) is 10.4 Å². The van der Waals surface area contributed by atoms with E-state index in [9.17, 15) is 9.59 Å². The van der Waals surface area contributed by atoms with Gasteiger partial charge in [0, 0.05) is 0 Å². The lowest BCUT2D eigenvalue weighted by atomic mass is 10.5. The second kappa shape index (κ2) is 4.14. The average molecular weight is 143 g/mol. The molecule has 0 bridgehead atoms. The van der Waals surface area contributed by atoms with Crippen molar-refractivity contribution in [2.24, 2.45) is 0 Å². The number of hydrazine groups is 1. The highest BCUT2D eigenvalue weighted by Gasteiger charge is 1.99. The van der Waals surface area contributed by atoms with Crippen LogP contribution in [0.2, 0.25) is 0 Å². The number of nitriles is 1. The third-order valence-corrected chi connectivity index (χ3v) is 0.548. The van der Waals surface area contributed by atoms with Crippen molar-refractivity contribution in [3.63, 3.8) is 0 Å². The fraction of sp³-hybridized carbons (Fsp3) is 0.250. The summed E-state index contributed by atoms with van der Waals surface area (Å²) >= 11 is 0. The summed E-state index contributed by atoms with van der Waals surface area (Å²) in [7, 11) is 0. The van der Waals surface area contributed by atoms with E-state index in [1.165, 1.54) is 0 Å². The van der Waals surface area contributed by atoms with Crippen molar-refractivity contribution in [2.45, 2.75) is 6.42 Å². The number of carboxylic acid groups (broad SMARTS) is 1. The Balaban J connectivity index is 3.42. The van der Waals surface area contributed by atoms with Crippen molar-refractivity contribution in [3.05, 3.63) is 0 Å². The molecule has 0 aliphatic heterocycles. The highest BCUT2D eigenvalue weighted by atomic mass is 16.4. The number of carbonyl (C=O) groups is 2. The molecular formula is C4H5N3O3. The van der Waals surface area contributed by atoms with Crippen molar-refractivity contribution in [1.29, 1.82) is 5.26 Å². The van der Waals surface area contributed by atoms with E-state index in [0.29, 0.717) is 0 Å². The minimum absolute atomic E-state index is 0.361. The minimum atomic E-state index is -1.37. The van der Waals surface area contributed by atoms with Crippen LogP contribution in [0.25, 0.3) is 0 Å². The average Bonchev–Trinajstić information content (AvgIpc) is 1.85. The first-order valence-electron chi connectivity index (χ1n) is 2.31. The van der Waals surface area contributed by atoms with Crippen LogP contribution in [-0.4, -0.2) is 17.1 Å². The second-order valence-corrected chi connectivity index (χ2v) is 1.31. The molecule has 0 unspecified atom stereocenters. The van der Waals surface area contributed by atoms with Gasteiger partial charge in [-0.1, -0.05) is 0 Å². The Morgan fingerprint density at radius 3 is 2.50 bits per heavy atom. The number of rotatable bonds is 1. The van der Waals surface area contributed by atoms with E-state index in [0.717, 1.165) is 0 Å². The molecule has 3 N–H and O–H groups in total. The Kier molecular flexibility index (Phi) is 3.41. The topological polar surface area (TPSA) is 102 Å². The third-order valence-electron chi connectivity index (χ3n) is 0.548. The van der Waals surface area contributed by atoms with Crippen LogP contribution in [-0.2, 0) is 4.79 Å². The molecule has 10 heavy (non-hydrogen) atoms. The minimum Gasteiger partial charge on any atom is -0.464 e. The maximum atomic E-state index is 10.3. The summed E-state index contributed by atoms with van der Waals surface area (Å²) in [6.07, 6.45) is -1.73. The summed E-state index contributed by atoms with van der Waals surface area (Å²) in [5.41, 5.74) is 3.37. The fourth-order valence-electron chi connectivity index (χ4n) is 0.239. The lowest BCUT2D eigenvalue weighted by Crippen LogP contribution is -2.40. The van der Waals surface area contributed by atoms with Crippen LogP contribution >= 0.6 is 0 Å². The van der Waals surface area contributed by atoms with E-state index < -0.39 is 12.0 Å². The predicted octanol–water partition coefficient (Wildman–Crippen LogP) is -0.801. The molecule has 6 nitrogen and oxygen atoms in total. The van der Waals surface area contributed by atoms with Gasteiger partial charge in [0.2, 0.25) is 0 Å². The molecule has 0 fully saturated rings. The molecule has 0 saturated heterocycles. The highest BCUT2D eigenvalue weighted by molar-refractivity contribution is 5.80. The van der Waals surface area contributed by atoms with Gasteiger partial charge in [0.25, 0.3) is 5.91 Å². The third kappa shape index (κ3) is 4.39. The Hall–Kier alpha value is -1.77. The number of hydrogen-bond donors (Lipinski definition) is 3. The fourth-order valence-corrected chi connectivity index (χ4v) is 0.239. The van der Waals surface area contributed by atoms with Gasteiger partial charge in [-0.3, -0.25) is 10.2 Å². The van der Waals surface area contributed by atoms with Crippen molar-refractivity contribution in [2.75, 3.05) is 0 Å². The summed E-state index contributed by atoms with van der Waals surface area (Å²) in [5, 5.41) is 15.8. The van der Waals surface area contributed by atoms with E-state index in [-0.39, 0.29) is 6.42 Å². The van der Waals surface area contributed by atoms with Crippen LogP contribution in [0.1, 0.15) is 6.42 Å². The van der Waals surface area contributed by atoms with Gasteiger partial charge in [-0.2, -0.15) is 5.26 Å². The summed E-state index contributed by atoms with van der Waals surface area (Å²) in [6, 6.07) is 1.55. The standard InChI is InChI=1S/C4H5N3O3/c5-2-1-3(8)6-7-4(9)10/h7H,1H2,(H,6,8)(H,9,10). The molecule has 0 radical (unpaired) electrons. The Bertz CT molecular complexity index is 183. The number of nitrogens with zero attached hydrogens (tertiary/aromatic N) is 1. The zero-order valence-corrected chi connectivity index (χ0v) is 4.92. The van der Waals surface area contributed by atoms with E-state index in [1.54, 1.807) is 16.9 Å². The number of hydrogen-bond acceptors (Lipinski definition) is 3. The van der Waals surface area contributed by atoms with Crippen LogP contribution in [0.3, 0.4) is 0 Å². The lowest BCUT2D eigenvalue weighted by molar-refractivity contribution is -0.120. The normalized spacial score (nSPS) is 7.50. The molecule has 0 aromatic rings. The monoisotopic (exact) mass is 143 g/mol. The molecule has 0 aromatic carbocycles. The van der Waals surface area contributed by atoms with Crippen molar-refractivity contribution >= 4 is 12.0 Å². The molecule has 0 rings (SSSR count). The van der Waals surface area contributed by atoms with Gasteiger partial charge >= 0.3 is 6.09 Å². The first-order chi connectivity index (χ1) is 4.66. The molecule has 0 saturated carbocycles. The largest absolute Gasteiger partial charge is 0.464 e. The van der Waals surface area contributed by atoms with Crippen molar-refractivity contribution in [3.8, 4) is 6.07 Å². The van der Waals surface area contributed by atoms with Crippen molar-refractivity contribution < 1.29 is 14.7 Å². The van der Waals surface area contributed by atoms with Gasteiger partial charge in [0.15, 0.2) is 0 Å². The van der Waals surface area contributed by atoms with Gasteiger partial charge in [-0.15, -0.1) is 0 Å². The summed E-state index contributed by atoms with van der Waals surface area (Å²) in [4.78, 5) is 20.0. The maximum absolute atomic E-state index is 10.3. The van der Waals surface area contributed by atoms with Crippen LogP contribution in [0, 0.1) is 11.3 Å². The molecule has 0 aromatic heterocycles. The van der Waals surface area contributed by atoms with Gasteiger partial charge in [-0.25, -0.2) is 10.2 Å². The van der Waals surface area contributed by atoms with E-state index >= 15 is 0 Å². The van der Waals surface area contributed by atoms with Gasteiger partial charge in [0.05, 0.1) is 6.07 Å².